The Kier molecular flexibility index (Phi) is 4.88. The highest BCUT2D eigenvalue weighted by atomic mass is 32.2. The Morgan fingerprint density at radius 1 is 1.22 bits per heavy atom. The van der Waals surface area contributed by atoms with Crippen molar-refractivity contribution in [2.45, 2.75) is 31.2 Å². The highest BCUT2D eigenvalue weighted by Gasteiger charge is 2.48. The molecule has 5 nitrogen and oxygen atoms in total. The van der Waals surface area contributed by atoms with Gasteiger partial charge in [0.25, 0.3) is 0 Å². The van der Waals surface area contributed by atoms with E-state index in [1.165, 1.54) is 12.1 Å². The summed E-state index contributed by atoms with van der Waals surface area (Å²) in [4.78, 5) is 11.5. The minimum absolute atomic E-state index is 0.0951. The Hall–Kier alpha value is -1.77. The summed E-state index contributed by atoms with van der Waals surface area (Å²) in [6.45, 7) is 2.04. The molecule has 1 aliphatic rings. The fourth-order valence-electron chi connectivity index (χ4n) is 2.31. The van der Waals surface area contributed by atoms with E-state index >= 15 is 0 Å². The number of benzene rings is 1. The van der Waals surface area contributed by atoms with E-state index in [4.69, 9.17) is 4.74 Å². The fraction of sp³-hybridized carbons (Fsp3) is 0.500. The van der Waals surface area contributed by atoms with Gasteiger partial charge in [0.2, 0.25) is 0 Å². The van der Waals surface area contributed by atoms with Gasteiger partial charge in [-0.25, -0.2) is 0 Å². The van der Waals surface area contributed by atoms with Crippen LogP contribution in [0.15, 0.2) is 24.3 Å². The lowest BCUT2D eigenvalue weighted by molar-refractivity contribution is -0.151. The maximum absolute atomic E-state index is 12.2. The monoisotopic (exact) mass is 352 g/mol. The van der Waals surface area contributed by atoms with Crippen molar-refractivity contribution < 1.29 is 35.3 Å². The van der Waals surface area contributed by atoms with Gasteiger partial charge in [-0.2, -0.15) is 21.6 Å². The van der Waals surface area contributed by atoms with Crippen LogP contribution in [0.25, 0.3) is 0 Å². The van der Waals surface area contributed by atoms with Crippen LogP contribution < -0.4 is 4.18 Å². The highest BCUT2D eigenvalue weighted by molar-refractivity contribution is 7.87. The van der Waals surface area contributed by atoms with Gasteiger partial charge in [0.1, 0.15) is 5.75 Å². The number of carbonyl (C=O) groups excluding carboxylic acids is 1. The van der Waals surface area contributed by atoms with Gasteiger partial charge in [-0.1, -0.05) is 12.1 Å². The SMILES string of the molecule is CCOC(=O)C1CC(c2ccc(OS(=O)(=O)C(F)(F)F)cc2)C1. The van der Waals surface area contributed by atoms with E-state index in [1.807, 2.05) is 0 Å². The van der Waals surface area contributed by atoms with Crippen LogP contribution in [0.5, 0.6) is 5.75 Å². The number of alkyl halides is 3. The molecule has 0 spiro atoms. The first-order chi connectivity index (χ1) is 10.6. The van der Waals surface area contributed by atoms with Crippen molar-refractivity contribution in [1.82, 2.24) is 0 Å². The lowest BCUT2D eigenvalue weighted by atomic mass is 9.71. The van der Waals surface area contributed by atoms with E-state index in [2.05, 4.69) is 4.18 Å². The standard InChI is InChI=1S/C14H15F3O5S/c1-2-21-13(18)11-7-10(8-11)9-3-5-12(6-4-9)22-23(19,20)14(15,16)17/h3-6,10-11H,2,7-8H2,1H3. The van der Waals surface area contributed by atoms with Crippen molar-refractivity contribution in [3.05, 3.63) is 29.8 Å². The van der Waals surface area contributed by atoms with Crippen molar-refractivity contribution in [1.29, 1.82) is 0 Å². The molecular formula is C14H15F3O5S. The van der Waals surface area contributed by atoms with Crippen molar-refractivity contribution in [2.75, 3.05) is 6.61 Å². The third kappa shape index (κ3) is 3.95. The second-order valence-electron chi connectivity index (χ2n) is 5.17. The second-order valence-corrected chi connectivity index (χ2v) is 6.71. The largest absolute Gasteiger partial charge is 0.534 e. The summed E-state index contributed by atoms with van der Waals surface area (Å²) in [7, 11) is -5.66. The van der Waals surface area contributed by atoms with Crippen molar-refractivity contribution in [2.24, 2.45) is 5.92 Å². The normalized spacial score (nSPS) is 21.4. The lowest BCUT2D eigenvalue weighted by Crippen LogP contribution is -2.30. The number of hydrogen-bond acceptors (Lipinski definition) is 5. The fourth-order valence-corrected chi connectivity index (χ4v) is 2.77. The Morgan fingerprint density at radius 3 is 2.26 bits per heavy atom. The summed E-state index contributed by atoms with van der Waals surface area (Å²) >= 11 is 0. The van der Waals surface area contributed by atoms with Gasteiger partial charge in [-0.05, 0) is 43.4 Å². The van der Waals surface area contributed by atoms with Crippen molar-refractivity contribution in [3.8, 4) is 5.75 Å². The molecule has 1 aliphatic carbocycles. The molecule has 0 aliphatic heterocycles. The Balaban J connectivity index is 1.96. The molecule has 1 aromatic carbocycles. The molecule has 128 valence electrons. The molecule has 0 atom stereocenters. The van der Waals surface area contributed by atoms with Crippen LogP contribution in [0.3, 0.4) is 0 Å². The maximum Gasteiger partial charge on any atom is 0.534 e. The zero-order chi connectivity index (χ0) is 17.3. The minimum atomic E-state index is -5.66. The van der Waals surface area contributed by atoms with E-state index in [9.17, 15) is 26.4 Å². The molecule has 0 saturated heterocycles. The van der Waals surface area contributed by atoms with Crippen molar-refractivity contribution in [3.63, 3.8) is 0 Å². The molecule has 1 aromatic rings. The van der Waals surface area contributed by atoms with Crippen molar-refractivity contribution >= 4 is 16.1 Å². The van der Waals surface area contributed by atoms with E-state index in [1.54, 1.807) is 6.92 Å². The molecule has 0 amide bonds. The summed E-state index contributed by atoms with van der Waals surface area (Å²) in [5, 5.41) is 0. The Labute approximate surface area is 131 Å². The van der Waals surface area contributed by atoms with Crippen LogP contribution in [0.1, 0.15) is 31.2 Å². The summed E-state index contributed by atoms with van der Waals surface area (Å²) in [6.07, 6.45) is 1.19. The Morgan fingerprint density at radius 2 is 1.78 bits per heavy atom. The molecule has 0 radical (unpaired) electrons. The molecular weight excluding hydrogens is 337 g/mol. The van der Waals surface area contributed by atoms with Crippen LogP contribution in [0, 0.1) is 5.92 Å². The molecule has 0 heterocycles. The molecule has 1 fully saturated rings. The van der Waals surface area contributed by atoms with Gasteiger partial charge in [-0.3, -0.25) is 4.79 Å². The van der Waals surface area contributed by atoms with Crippen LogP contribution in [0.4, 0.5) is 13.2 Å². The summed E-state index contributed by atoms with van der Waals surface area (Å²) in [6, 6.07) is 5.31. The third-order valence-electron chi connectivity index (χ3n) is 3.60. The predicted molar refractivity (Wildman–Crippen MR) is 74.1 cm³/mol. The summed E-state index contributed by atoms with van der Waals surface area (Å²) in [5.74, 6) is -0.730. The molecule has 0 unspecified atom stereocenters. The second kappa shape index (κ2) is 6.38. The average Bonchev–Trinajstić information content (AvgIpc) is 2.37. The first-order valence-corrected chi connectivity index (χ1v) is 8.32. The molecule has 1 saturated carbocycles. The van der Waals surface area contributed by atoms with Gasteiger partial charge >= 0.3 is 21.6 Å². The number of halogens is 3. The molecule has 0 N–H and O–H groups in total. The van der Waals surface area contributed by atoms with Gasteiger partial charge < -0.3 is 8.92 Å². The van der Waals surface area contributed by atoms with Gasteiger partial charge in [-0.15, -0.1) is 0 Å². The highest BCUT2D eigenvalue weighted by Crippen LogP contribution is 2.42. The van der Waals surface area contributed by atoms with E-state index in [-0.39, 0.29) is 17.8 Å². The summed E-state index contributed by atoms with van der Waals surface area (Å²) in [5.41, 5.74) is -4.66. The molecule has 0 aromatic heterocycles. The maximum atomic E-state index is 12.2. The first kappa shape index (κ1) is 17.6. The molecule has 9 heteroatoms. The van der Waals surface area contributed by atoms with E-state index in [0.29, 0.717) is 19.4 Å². The number of rotatable bonds is 5. The molecule has 2 rings (SSSR count). The quantitative estimate of drug-likeness (QED) is 0.463. The van der Waals surface area contributed by atoms with Crippen LogP contribution >= 0.6 is 0 Å². The average molecular weight is 352 g/mol. The molecule has 0 bridgehead atoms. The van der Waals surface area contributed by atoms with E-state index < -0.39 is 21.4 Å². The third-order valence-corrected chi connectivity index (χ3v) is 4.58. The molecule has 23 heavy (non-hydrogen) atoms. The van der Waals surface area contributed by atoms with Crippen LogP contribution in [0.2, 0.25) is 0 Å². The lowest BCUT2D eigenvalue weighted by Gasteiger charge is -2.33. The van der Waals surface area contributed by atoms with Gasteiger partial charge in [0, 0.05) is 0 Å². The summed E-state index contributed by atoms with van der Waals surface area (Å²) < 4.78 is 67.3. The van der Waals surface area contributed by atoms with Crippen LogP contribution in [-0.4, -0.2) is 26.5 Å². The van der Waals surface area contributed by atoms with E-state index in [0.717, 1.165) is 17.7 Å². The Bertz CT molecular complexity index is 661. The zero-order valence-electron chi connectivity index (χ0n) is 12.2. The predicted octanol–water partition coefficient (Wildman–Crippen LogP) is 2.97. The first-order valence-electron chi connectivity index (χ1n) is 6.91. The topological polar surface area (TPSA) is 69.7 Å². The minimum Gasteiger partial charge on any atom is -0.466 e. The van der Waals surface area contributed by atoms with Gasteiger partial charge in [0.05, 0.1) is 12.5 Å². The number of carbonyl (C=O) groups is 1. The number of ether oxygens (including phenoxy) is 1. The zero-order valence-corrected chi connectivity index (χ0v) is 13.0. The smallest absolute Gasteiger partial charge is 0.466 e. The number of hydrogen-bond donors (Lipinski definition) is 0. The number of esters is 1. The van der Waals surface area contributed by atoms with Gasteiger partial charge in [0.15, 0.2) is 0 Å². The van der Waals surface area contributed by atoms with Crippen LogP contribution in [-0.2, 0) is 19.6 Å².